The first-order chi connectivity index (χ1) is 9.22. The van der Waals surface area contributed by atoms with Crippen molar-refractivity contribution in [2.75, 3.05) is 20.3 Å². The van der Waals surface area contributed by atoms with Gasteiger partial charge in [0.05, 0.1) is 12.3 Å². The standard InChI is InChI=1S/C14H20ClN3O/c1-19-10-14(16)9-18-5-4-12-3-2-11(7-17-15)6-13(12)8-18/h2-3,6,9,17H,4-5,7-8,10,16H2,1H3/b14-9-. The molecule has 2 rings (SSSR count). The molecule has 0 radical (unpaired) electrons. The number of ether oxygens (including phenoxy) is 1. The topological polar surface area (TPSA) is 50.5 Å². The molecule has 0 saturated carbocycles. The van der Waals surface area contributed by atoms with Gasteiger partial charge in [0.1, 0.15) is 0 Å². The lowest BCUT2D eigenvalue weighted by Crippen LogP contribution is -2.27. The molecule has 3 N–H and O–H groups in total. The van der Waals surface area contributed by atoms with Gasteiger partial charge >= 0.3 is 0 Å². The van der Waals surface area contributed by atoms with Crippen molar-refractivity contribution in [2.24, 2.45) is 5.73 Å². The van der Waals surface area contributed by atoms with E-state index >= 15 is 0 Å². The van der Waals surface area contributed by atoms with Crippen LogP contribution in [0.4, 0.5) is 0 Å². The van der Waals surface area contributed by atoms with Gasteiger partial charge in [-0.3, -0.25) is 0 Å². The highest BCUT2D eigenvalue weighted by Gasteiger charge is 2.14. The summed E-state index contributed by atoms with van der Waals surface area (Å²) in [6.45, 7) is 3.02. The van der Waals surface area contributed by atoms with Crippen molar-refractivity contribution in [1.82, 2.24) is 9.74 Å². The van der Waals surface area contributed by atoms with Crippen molar-refractivity contribution in [3.63, 3.8) is 0 Å². The van der Waals surface area contributed by atoms with Gasteiger partial charge in [0.15, 0.2) is 0 Å². The highest BCUT2D eigenvalue weighted by molar-refractivity contribution is 6.13. The smallest absolute Gasteiger partial charge is 0.0871 e. The summed E-state index contributed by atoms with van der Waals surface area (Å²) in [5.41, 5.74) is 10.6. The van der Waals surface area contributed by atoms with E-state index in [2.05, 4.69) is 27.9 Å². The van der Waals surface area contributed by atoms with Gasteiger partial charge in [-0.05, 0) is 34.9 Å². The normalized spacial score (nSPS) is 15.5. The van der Waals surface area contributed by atoms with Crippen LogP contribution in [0.2, 0.25) is 0 Å². The maximum atomic E-state index is 5.88. The zero-order valence-corrected chi connectivity index (χ0v) is 11.9. The molecule has 1 aliphatic heterocycles. The maximum absolute atomic E-state index is 5.88. The van der Waals surface area contributed by atoms with Crippen LogP contribution >= 0.6 is 11.8 Å². The van der Waals surface area contributed by atoms with E-state index in [0.717, 1.165) is 25.2 Å². The van der Waals surface area contributed by atoms with Gasteiger partial charge in [0.25, 0.3) is 0 Å². The number of nitrogens with one attached hydrogen (secondary N) is 1. The predicted octanol–water partition coefficient (Wildman–Crippen LogP) is 1.73. The zero-order valence-electron chi connectivity index (χ0n) is 11.2. The fraction of sp³-hybridized carbons (Fsp3) is 0.429. The summed E-state index contributed by atoms with van der Waals surface area (Å²) < 4.78 is 5.02. The number of rotatable bonds is 5. The summed E-state index contributed by atoms with van der Waals surface area (Å²) in [7, 11) is 1.65. The Kier molecular flexibility index (Phi) is 5.07. The summed E-state index contributed by atoms with van der Waals surface area (Å²) in [6, 6.07) is 6.52. The van der Waals surface area contributed by atoms with Crippen molar-refractivity contribution < 1.29 is 4.74 Å². The summed E-state index contributed by atoms with van der Waals surface area (Å²) >= 11 is 5.55. The average molecular weight is 282 g/mol. The minimum atomic E-state index is 0.472. The minimum Gasteiger partial charge on any atom is -0.399 e. The number of hydrogen-bond donors (Lipinski definition) is 2. The molecule has 0 bridgehead atoms. The van der Waals surface area contributed by atoms with Crippen molar-refractivity contribution in [1.29, 1.82) is 0 Å². The number of nitrogens with zero attached hydrogens (tertiary/aromatic N) is 1. The molecule has 0 amide bonds. The van der Waals surface area contributed by atoms with E-state index in [1.54, 1.807) is 7.11 Å². The molecule has 104 valence electrons. The molecular formula is C14H20ClN3O. The molecule has 0 spiro atoms. The van der Waals surface area contributed by atoms with Crippen LogP contribution in [0.3, 0.4) is 0 Å². The van der Waals surface area contributed by atoms with Crippen LogP contribution in [0.1, 0.15) is 16.7 Å². The second-order valence-electron chi connectivity index (χ2n) is 4.77. The third kappa shape index (κ3) is 3.86. The number of fused-ring (bicyclic) bond motifs is 1. The Bertz CT molecular complexity index is 462. The van der Waals surface area contributed by atoms with Crippen LogP contribution in [0, 0.1) is 0 Å². The van der Waals surface area contributed by atoms with Gasteiger partial charge in [0, 0.05) is 32.9 Å². The third-order valence-corrected chi connectivity index (χ3v) is 3.38. The van der Waals surface area contributed by atoms with Gasteiger partial charge in [-0.15, -0.1) is 0 Å². The molecular weight excluding hydrogens is 262 g/mol. The van der Waals surface area contributed by atoms with E-state index < -0.39 is 0 Å². The molecule has 0 fully saturated rings. The van der Waals surface area contributed by atoms with Crippen LogP contribution in [0.15, 0.2) is 30.1 Å². The van der Waals surface area contributed by atoms with Gasteiger partial charge in [-0.25, -0.2) is 4.84 Å². The molecule has 19 heavy (non-hydrogen) atoms. The summed E-state index contributed by atoms with van der Waals surface area (Å²) in [5.74, 6) is 0. The fourth-order valence-electron chi connectivity index (χ4n) is 2.37. The molecule has 0 aromatic heterocycles. The predicted molar refractivity (Wildman–Crippen MR) is 77.4 cm³/mol. The Hall–Kier alpha value is -1.23. The van der Waals surface area contributed by atoms with Crippen molar-refractivity contribution >= 4 is 11.8 Å². The Morgan fingerprint density at radius 2 is 2.37 bits per heavy atom. The summed E-state index contributed by atoms with van der Waals surface area (Å²) in [6.07, 6.45) is 3.03. The number of nitrogens with two attached hydrogens (primary N) is 1. The van der Waals surface area contributed by atoms with E-state index in [1.165, 1.54) is 16.7 Å². The van der Waals surface area contributed by atoms with E-state index in [1.807, 2.05) is 6.20 Å². The van der Waals surface area contributed by atoms with E-state index in [0.29, 0.717) is 13.2 Å². The summed E-state index contributed by atoms with van der Waals surface area (Å²) in [5, 5.41) is 0. The second-order valence-corrected chi connectivity index (χ2v) is 5.04. The lowest BCUT2D eigenvalue weighted by atomic mass is 9.97. The van der Waals surface area contributed by atoms with Crippen LogP contribution in [0.5, 0.6) is 0 Å². The first-order valence-electron chi connectivity index (χ1n) is 6.36. The Labute approximate surface area is 119 Å². The number of halogens is 1. The minimum absolute atomic E-state index is 0.472. The van der Waals surface area contributed by atoms with Gasteiger partial charge in [-0.2, -0.15) is 0 Å². The molecule has 4 nitrogen and oxygen atoms in total. The Morgan fingerprint density at radius 1 is 1.53 bits per heavy atom. The molecule has 1 aromatic carbocycles. The SMILES string of the molecule is COC/C(N)=C/N1CCc2ccc(CNCl)cc2C1. The number of hydrogen-bond acceptors (Lipinski definition) is 4. The van der Waals surface area contributed by atoms with Gasteiger partial charge < -0.3 is 15.4 Å². The molecule has 1 aromatic rings. The number of benzene rings is 1. The lowest BCUT2D eigenvalue weighted by Gasteiger charge is -2.28. The fourth-order valence-corrected chi connectivity index (χ4v) is 2.52. The van der Waals surface area contributed by atoms with Gasteiger partial charge in [0.2, 0.25) is 0 Å². The lowest BCUT2D eigenvalue weighted by molar-refractivity contribution is 0.221. The first kappa shape index (κ1) is 14.2. The number of methoxy groups -OCH3 is 1. The molecule has 0 aliphatic carbocycles. The van der Waals surface area contributed by atoms with Crippen LogP contribution in [-0.4, -0.2) is 25.2 Å². The van der Waals surface area contributed by atoms with E-state index in [9.17, 15) is 0 Å². The monoisotopic (exact) mass is 281 g/mol. The quantitative estimate of drug-likeness (QED) is 0.807. The van der Waals surface area contributed by atoms with Crippen molar-refractivity contribution in [2.45, 2.75) is 19.5 Å². The van der Waals surface area contributed by atoms with Crippen LogP contribution in [0.25, 0.3) is 0 Å². The molecule has 0 saturated heterocycles. The van der Waals surface area contributed by atoms with E-state index in [-0.39, 0.29) is 0 Å². The van der Waals surface area contributed by atoms with Crippen molar-refractivity contribution in [3.05, 3.63) is 46.8 Å². The zero-order chi connectivity index (χ0) is 13.7. The molecule has 1 heterocycles. The van der Waals surface area contributed by atoms with Crippen molar-refractivity contribution in [3.8, 4) is 0 Å². The maximum Gasteiger partial charge on any atom is 0.0871 e. The average Bonchev–Trinajstić information content (AvgIpc) is 2.39. The first-order valence-corrected chi connectivity index (χ1v) is 6.74. The largest absolute Gasteiger partial charge is 0.399 e. The third-order valence-electron chi connectivity index (χ3n) is 3.24. The highest BCUT2D eigenvalue weighted by Crippen LogP contribution is 2.21. The highest BCUT2D eigenvalue weighted by atomic mass is 35.5. The molecule has 0 atom stereocenters. The van der Waals surface area contributed by atoms with Gasteiger partial charge in [-0.1, -0.05) is 18.2 Å². The van der Waals surface area contributed by atoms with Crippen LogP contribution < -0.4 is 10.6 Å². The molecule has 0 unspecified atom stereocenters. The Balaban J connectivity index is 2.09. The molecule has 5 heteroatoms. The van der Waals surface area contributed by atoms with E-state index in [4.69, 9.17) is 22.2 Å². The molecule has 1 aliphatic rings. The second kappa shape index (κ2) is 6.80. The summed E-state index contributed by atoms with van der Waals surface area (Å²) in [4.78, 5) is 4.89. The Morgan fingerprint density at radius 3 is 3.11 bits per heavy atom. The van der Waals surface area contributed by atoms with Crippen LogP contribution in [-0.2, 0) is 24.2 Å².